The van der Waals surface area contributed by atoms with Gasteiger partial charge in [0.2, 0.25) is 0 Å². The van der Waals surface area contributed by atoms with E-state index in [1.807, 2.05) is 20.0 Å². The van der Waals surface area contributed by atoms with Crippen LogP contribution in [0.2, 0.25) is 0 Å². The minimum Gasteiger partial charge on any atom is -0.373 e. The second-order valence-corrected chi connectivity index (χ2v) is 6.34. The fourth-order valence-electron chi connectivity index (χ4n) is 3.57. The molecule has 2 saturated heterocycles. The molecule has 1 aromatic heterocycles. The number of aromatic nitrogens is 2. The zero-order valence-corrected chi connectivity index (χ0v) is 13.3. The van der Waals surface area contributed by atoms with Crippen molar-refractivity contribution in [1.82, 2.24) is 19.8 Å². The maximum Gasteiger partial charge on any atom is 0.144 e. The molecule has 2 fully saturated rings. The third kappa shape index (κ3) is 3.71. The molecule has 5 heteroatoms. The molecule has 1 unspecified atom stereocenters. The monoisotopic (exact) mass is 289 g/mol. The number of hydrogen-bond donors (Lipinski definition) is 1. The summed E-state index contributed by atoms with van der Waals surface area (Å²) in [6.07, 6.45) is 5.47. The molecule has 116 valence electrons. The Bertz CT molecular complexity index is 470. The molecule has 0 aromatic carbocycles. The molecule has 1 N–H and O–H groups in total. The van der Waals surface area contributed by atoms with Crippen LogP contribution in [0.25, 0.3) is 0 Å². The molecule has 0 saturated carbocycles. The number of likely N-dealkylation sites (tertiary alicyclic amines) is 2. The zero-order chi connectivity index (χ0) is 14.7. The van der Waals surface area contributed by atoms with E-state index >= 15 is 0 Å². The van der Waals surface area contributed by atoms with Crippen molar-refractivity contribution in [3.63, 3.8) is 0 Å². The molecule has 1 atom stereocenters. The van der Waals surface area contributed by atoms with Gasteiger partial charge in [-0.3, -0.25) is 9.80 Å². The minimum atomic E-state index is 0.749. The highest BCUT2D eigenvalue weighted by molar-refractivity contribution is 5.34. The second kappa shape index (κ2) is 6.71. The number of aryl methyl sites for hydroxylation is 1. The number of anilines is 1. The van der Waals surface area contributed by atoms with E-state index in [0.717, 1.165) is 29.9 Å². The first-order valence-corrected chi connectivity index (χ1v) is 8.23. The summed E-state index contributed by atoms with van der Waals surface area (Å²) in [6.45, 7) is 7.85. The Morgan fingerprint density at radius 2 is 2.00 bits per heavy atom. The van der Waals surface area contributed by atoms with E-state index in [2.05, 4.69) is 25.1 Å². The minimum absolute atomic E-state index is 0.749. The predicted molar refractivity (Wildman–Crippen MR) is 85.4 cm³/mol. The lowest BCUT2D eigenvalue weighted by molar-refractivity contribution is 0.160. The van der Waals surface area contributed by atoms with Gasteiger partial charge in [-0.15, -0.1) is 0 Å². The molecular weight excluding hydrogens is 262 g/mol. The van der Waals surface area contributed by atoms with Gasteiger partial charge >= 0.3 is 0 Å². The molecule has 0 amide bonds. The molecule has 0 bridgehead atoms. The van der Waals surface area contributed by atoms with Crippen molar-refractivity contribution in [3.8, 4) is 0 Å². The van der Waals surface area contributed by atoms with Crippen molar-refractivity contribution in [2.45, 2.75) is 45.2 Å². The summed E-state index contributed by atoms with van der Waals surface area (Å²) in [5.74, 6) is 1.86. The van der Waals surface area contributed by atoms with Crippen molar-refractivity contribution in [2.75, 3.05) is 38.5 Å². The molecule has 2 aliphatic heterocycles. The van der Waals surface area contributed by atoms with Crippen LogP contribution >= 0.6 is 0 Å². The predicted octanol–water partition coefficient (Wildman–Crippen LogP) is 1.89. The van der Waals surface area contributed by atoms with Crippen LogP contribution in [0.1, 0.15) is 37.2 Å². The van der Waals surface area contributed by atoms with Crippen LogP contribution < -0.4 is 5.32 Å². The summed E-state index contributed by atoms with van der Waals surface area (Å²) >= 11 is 0. The largest absolute Gasteiger partial charge is 0.373 e. The van der Waals surface area contributed by atoms with Gasteiger partial charge in [-0.2, -0.15) is 0 Å². The number of rotatable bonds is 4. The van der Waals surface area contributed by atoms with E-state index in [9.17, 15) is 0 Å². The van der Waals surface area contributed by atoms with Gasteiger partial charge in [-0.25, -0.2) is 9.97 Å². The molecule has 3 rings (SSSR count). The second-order valence-electron chi connectivity index (χ2n) is 6.34. The van der Waals surface area contributed by atoms with Crippen LogP contribution in [0.5, 0.6) is 0 Å². The van der Waals surface area contributed by atoms with Gasteiger partial charge in [0.25, 0.3) is 0 Å². The molecule has 3 heterocycles. The van der Waals surface area contributed by atoms with Crippen molar-refractivity contribution < 1.29 is 0 Å². The van der Waals surface area contributed by atoms with Gasteiger partial charge in [0, 0.05) is 37.9 Å². The maximum atomic E-state index is 4.58. The van der Waals surface area contributed by atoms with Crippen LogP contribution in [-0.2, 0) is 6.54 Å². The summed E-state index contributed by atoms with van der Waals surface area (Å²) in [7, 11) is 1.91. The van der Waals surface area contributed by atoms with Gasteiger partial charge in [0.15, 0.2) is 0 Å². The average molecular weight is 289 g/mol. The molecule has 21 heavy (non-hydrogen) atoms. The van der Waals surface area contributed by atoms with E-state index in [4.69, 9.17) is 0 Å². The van der Waals surface area contributed by atoms with Crippen molar-refractivity contribution >= 4 is 5.82 Å². The Hall–Kier alpha value is -1.20. The Labute approximate surface area is 127 Å². The Kier molecular flexibility index (Phi) is 4.70. The lowest BCUT2D eigenvalue weighted by Gasteiger charge is -2.32. The molecule has 5 nitrogen and oxygen atoms in total. The van der Waals surface area contributed by atoms with E-state index < -0.39 is 0 Å². The topological polar surface area (TPSA) is 44.3 Å². The van der Waals surface area contributed by atoms with E-state index in [1.165, 1.54) is 51.9 Å². The molecule has 0 aliphatic carbocycles. The first kappa shape index (κ1) is 14.7. The molecule has 0 spiro atoms. The standard InChI is InChI=1S/C16H27N5/c1-13-10-15(17-2)19-16(18-13)12-20-9-6-14(11-20)21-7-4-3-5-8-21/h10,14H,3-9,11-12H2,1-2H3,(H,17,18,19). The quantitative estimate of drug-likeness (QED) is 0.917. The summed E-state index contributed by atoms with van der Waals surface area (Å²) in [5, 5.41) is 3.12. The van der Waals surface area contributed by atoms with Gasteiger partial charge in [-0.1, -0.05) is 6.42 Å². The van der Waals surface area contributed by atoms with Crippen molar-refractivity contribution in [2.24, 2.45) is 0 Å². The molecular formula is C16H27N5. The van der Waals surface area contributed by atoms with Crippen molar-refractivity contribution in [3.05, 3.63) is 17.6 Å². The average Bonchev–Trinajstić information content (AvgIpc) is 2.96. The maximum absolute atomic E-state index is 4.58. The number of piperidine rings is 1. The third-order valence-corrected chi connectivity index (χ3v) is 4.68. The number of hydrogen-bond acceptors (Lipinski definition) is 5. The SMILES string of the molecule is CNc1cc(C)nc(CN2CCC(N3CCCCC3)C2)n1. The smallest absolute Gasteiger partial charge is 0.144 e. The highest BCUT2D eigenvalue weighted by Crippen LogP contribution is 2.21. The Morgan fingerprint density at radius 3 is 2.76 bits per heavy atom. The van der Waals surface area contributed by atoms with Crippen LogP contribution in [0.15, 0.2) is 6.07 Å². The first-order valence-electron chi connectivity index (χ1n) is 8.23. The van der Waals surface area contributed by atoms with Gasteiger partial charge in [0.1, 0.15) is 11.6 Å². The molecule has 1 aromatic rings. The zero-order valence-electron chi connectivity index (χ0n) is 13.3. The lowest BCUT2D eigenvalue weighted by atomic mass is 10.1. The first-order chi connectivity index (χ1) is 10.2. The van der Waals surface area contributed by atoms with Gasteiger partial charge < -0.3 is 5.32 Å². The summed E-state index contributed by atoms with van der Waals surface area (Å²) in [5.41, 5.74) is 1.04. The summed E-state index contributed by atoms with van der Waals surface area (Å²) < 4.78 is 0. The molecule has 2 aliphatic rings. The third-order valence-electron chi connectivity index (χ3n) is 4.68. The normalized spacial score (nSPS) is 24.4. The van der Waals surface area contributed by atoms with Crippen LogP contribution in [-0.4, -0.2) is 59.0 Å². The van der Waals surface area contributed by atoms with E-state index in [0.29, 0.717) is 0 Å². The fraction of sp³-hybridized carbons (Fsp3) is 0.750. The van der Waals surface area contributed by atoms with E-state index in [-0.39, 0.29) is 0 Å². The number of nitrogens with one attached hydrogen (secondary N) is 1. The van der Waals surface area contributed by atoms with Gasteiger partial charge in [0.05, 0.1) is 6.54 Å². The summed E-state index contributed by atoms with van der Waals surface area (Å²) in [6, 6.07) is 2.74. The highest BCUT2D eigenvalue weighted by Gasteiger charge is 2.28. The van der Waals surface area contributed by atoms with Crippen LogP contribution in [0, 0.1) is 6.92 Å². The van der Waals surface area contributed by atoms with E-state index in [1.54, 1.807) is 0 Å². The summed E-state index contributed by atoms with van der Waals surface area (Å²) in [4.78, 5) is 14.4. The molecule has 0 radical (unpaired) electrons. The fourth-order valence-corrected chi connectivity index (χ4v) is 3.57. The number of nitrogens with zero attached hydrogens (tertiary/aromatic N) is 4. The van der Waals surface area contributed by atoms with Crippen LogP contribution in [0.4, 0.5) is 5.82 Å². The van der Waals surface area contributed by atoms with Gasteiger partial charge in [-0.05, 0) is 39.3 Å². The lowest BCUT2D eigenvalue weighted by Crippen LogP contribution is -2.40. The van der Waals surface area contributed by atoms with Crippen LogP contribution in [0.3, 0.4) is 0 Å². The highest BCUT2D eigenvalue weighted by atomic mass is 15.3. The Morgan fingerprint density at radius 1 is 1.19 bits per heavy atom. The Balaban J connectivity index is 1.58. The van der Waals surface area contributed by atoms with Crippen molar-refractivity contribution in [1.29, 1.82) is 0 Å².